The monoisotopic (exact) mass is 1100 g/mol. The van der Waals surface area contributed by atoms with Gasteiger partial charge in [0, 0.05) is 0 Å². The highest BCUT2D eigenvalue weighted by Gasteiger charge is 2.06. The van der Waals surface area contributed by atoms with E-state index in [0.29, 0.717) is 10.8 Å². The molecule has 0 aromatic rings. The van der Waals surface area contributed by atoms with E-state index in [1.807, 2.05) is 13.8 Å². The maximum atomic E-state index is 2.28. The van der Waals surface area contributed by atoms with E-state index < -0.39 is 0 Å². The van der Waals surface area contributed by atoms with E-state index in [2.05, 4.69) is 284 Å². The summed E-state index contributed by atoms with van der Waals surface area (Å²) in [5.41, 5.74) is 1.05. The Bertz CT molecular complexity index is 632. The van der Waals surface area contributed by atoms with Gasteiger partial charge >= 0.3 is 0 Å². The normalized spacial score (nSPS) is 9.63. The predicted octanol–water partition coefficient (Wildman–Crippen LogP) is 31.8. The van der Waals surface area contributed by atoms with Gasteiger partial charge < -0.3 is 0 Å². The third-order valence-electron chi connectivity index (χ3n) is 10.7. The minimum absolute atomic E-state index is 0.500. The third-order valence-corrected chi connectivity index (χ3v) is 10.7. The fourth-order valence-corrected chi connectivity index (χ4v) is 3.34. The van der Waals surface area contributed by atoms with E-state index in [1.165, 1.54) is 141 Å². The summed E-state index contributed by atoms with van der Waals surface area (Å²) in [6, 6.07) is 0. The molecule has 0 unspecified atom stereocenters. The molecule has 0 heteroatoms. The van der Waals surface area contributed by atoms with Crippen LogP contribution in [0.3, 0.4) is 0 Å². The van der Waals surface area contributed by atoms with Crippen molar-refractivity contribution in [3.8, 4) is 0 Å². The highest BCUT2D eigenvalue weighted by atomic mass is 14.1. The van der Waals surface area contributed by atoms with E-state index in [-0.39, 0.29) is 0 Å². The number of unbranched alkanes of at least 4 members (excludes halogenated alkanes) is 6. The molecule has 0 fully saturated rings. The van der Waals surface area contributed by atoms with Crippen molar-refractivity contribution in [3.63, 3.8) is 0 Å². The maximum Gasteiger partial charge on any atom is -0.0383 e. The summed E-state index contributed by atoms with van der Waals surface area (Å²) in [5.74, 6) is 7.97. The van der Waals surface area contributed by atoms with Gasteiger partial charge in [0.05, 0.1) is 0 Å². The molecule has 0 aromatic heterocycles. The van der Waals surface area contributed by atoms with Crippen LogP contribution in [-0.2, 0) is 0 Å². The Morgan fingerprint density at radius 1 is 0.263 bits per heavy atom. The van der Waals surface area contributed by atoms with Crippen molar-refractivity contribution in [2.24, 2.45) is 64.1 Å². The van der Waals surface area contributed by atoms with Crippen molar-refractivity contribution in [3.05, 3.63) is 0 Å². The Balaban J connectivity index is -0.0000000406. The molecule has 486 valence electrons. The van der Waals surface area contributed by atoms with E-state index in [0.717, 1.165) is 53.3 Å². The van der Waals surface area contributed by atoms with E-state index in [1.54, 1.807) is 0 Å². The Morgan fingerprint density at radius 2 is 0.447 bits per heavy atom. The van der Waals surface area contributed by atoms with Crippen molar-refractivity contribution in [1.29, 1.82) is 0 Å². The van der Waals surface area contributed by atoms with Gasteiger partial charge in [-0.1, -0.05) is 433 Å². The van der Waals surface area contributed by atoms with Gasteiger partial charge in [0.1, 0.15) is 0 Å². The molecule has 0 N–H and O–H groups in total. The molecule has 0 aliphatic heterocycles. The molecule has 0 atom stereocenters. The summed E-state index contributed by atoms with van der Waals surface area (Å²) in [7, 11) is 0. The van der Waals surface area contributed by atoms with Gasteiger partial charge in [-0.3, -0.25) is 0 Å². The Hall–Kier alpha value is 0. The lowest BCUT2D eigenvalue weighted by atomic mass is 9.91. The van der Waals surface area contributed by atoms with Crippen LogP contribution >= 0.6 is 0 Å². The van der Waals surface area contributed by atoms with Crippen LogP contribution in [-0.4, -0.2) is 0 Å². The molecule has 0 radical (unpaired) electrons. The van der Waals surface area contributed by atoms with E-state index in [4.69, 9.17) is 0 Å². The van der Waals surface area contributed by atoms with Gasteiger partial charge in [-0.05, 0) is 70.5 Å². The lowest BCUT2D eigenvalue weighted by Gasteiger charge is -2.15. The zero-order chi connectivity index (χ0) is 64.8. The van der Waals surface area contributed by atoms with Gasteiger partial charge in [0.2, 0.25) is 0 Å². The van der Waals surface area contributed by atoms with Gasteiger partial charge in [0.25, 0.3) is 0 Å². The van der Waals surface area contributed by atoms with Crippen molar-refractivity contribution in [1.82, 2.24) is 0 Å². The van der Waals surface area contributed by atoms with Gasteiger partial charge in [-0.25, -0.2) is 0 Å². The quantitative estimate of drug-likeness (QED) is 0.120. The summed E-state index contributed by atoms with van der Waals surface area (Å²) in [4.78, 5) is 0. The zero-order valence-electron chi connectivity index (χ0n) is 64.8. The molecule has 0 saturated carbocycles. The Labute approximate surface area is 500 Å². The SMILES string of the molecule is CC.CC(C)(C)C.CC(C)C.CC(C)C(C)C.CCC.CCC(C)C.CCC(C)C.CCC(C)CC.CCC(C)CC.CCCC.CCCC(C)(C)C.CCCC(C)C.CCCC(C)C.CCCCC.CCCCCC. The number of hydrogen-bond donors (Lipinski definition) is 0. The van der Waals surface area contributed by atoms with Gasteiger partial charge in [-0.15, -0.1) is 0 Å². The predicted molar refractivity (Wildman–Crippen MR) is 382 cm³/mol. The van der Waals surface area contributed by atoms with Gasteiger partial charge in [-0.2, -0.15) is 0 Å². The number of rotatable bonds is 18. The van der Waals surface area contributed by atoms with E-state index >= 15 is 0 Å². The topological polar surface area (TPSA) is 0 Å². The molecule has 0 aliphatic carbocycles. The van der Waals surface area contributed by atoms with E-state index in [9.17, 15) is 0 Å². The van der Waals surface area contributed by atoms with Crippen molar-refractivity contribution in [2.75, 3.05) is 0 Å². The first-order valence-corrected chi connectivity index (χ1v) is 34.8. The molecule has 0 spiro atoms. The average Bonchev–Trinajstić information content (AvgIpc) is 3.32. The molecular formula is C76H182. The lowest BCUT2D eigenvalue weighted by molar-refractivity contribution is 0.373. The first kappa shape index (κ1) is 115. The van der Waals surface area contributed by atoms with Crippen LogP contribution in [0.5, 0.6) is 0 Å². The minimum Gasteiger partial charge on any atom is -0.0683 e. The van der Waals surface area contributed by atoms with Crippen molar-refractivity contribution in [2.45, 2.75) is 439 Å². The molecule has 0 aromatic carbocycles. The molecule has 0 heterocycles. The summed E-state index contributed by atoms with van der Waals surface area (Å²) >= 11 is 0. The van der Waals surface area contributed by atoms with Crippen LogP contribution in [0.15, 0.2) is 0 Å². The van der Waals surface area contributed by atoms with Gasteiger partial charge in [0.15, 0.2) is 0 Å². The van der Waals surface area contributed by atoms with Crippen LogP contribution in [0.25, 0.3) is 0 Å². The fraction of sp³-hybridized carbons (Fsp3) is 1.00. The lowest BCUT2D eigenvalue weighted by Crippen LogP contribution is -2.02. The first-order valence-electron chi connectivity index (χ1n) is 34.8. The summed E-state index contributed by atoms with van der Waals surface area (Å²) in [6.07, 6.45) is 29.5. The van der Waals surface area contributed by atoms with Crippen LogP contribution in [0.4, 0.5) is 0 Å². The average molecular weight is 1100 g/mol. The largest absolute Gasteiger partial charge is 0.0683 e. The Kier molecular flexibility index (Phi) is 167. The summed E-state index contributed by atoms with van der Waals surface area (Å²) in [5, 5.41) is 0. The molecule has 0 amide bonds. The summed E-state index contributed by atoms with van der Waals surface area (Å²) in [6.45, 7) is 95.0. The molecule has 0 bridgehead atoms. The van der Waals surface area contributed by atoms with Crippen molar-refractivity contribution >= 4 is 0 Å². The van der Waals surface area contributed by atoms with Crippen LogP contribution in [0.1, 0.15) is 439 Å². The van der Waals surface area contributed by atoms with Crippen LogP contribution < -0.4 is 0 Å². The zero-order valence-corrected chi connectivity index (χ0v) is 64.8. The first-order chi connectivity index (χ1) is 34.8. The standard InChI is InChI=1S/C7H16.6C6H14.4C5H12.2C4H10.C3H8.C2H6/c1-5-6-7(2,3)4;1-5(2)6(3)4;2*1-4-5-6(2)3;2*1-4-6(3)5-2;1-3-5-6-4-2;1-5(2,3)4;2*1-4-5(2)3;1-3-5-4-2;1-4(2)3;1-3-4-2;1-3-2;1-2/h5-6H2,1-4H3;5-6H,1-4H3;4*6H,4-5H2,1-3H3;3-6H2,1-2H3;1-4H3;2*5H,4H2,1-3H3;3-5H2,1-2H3;4H,1-3H3;3-4H2,1-2H3;3H2,1-2H3;1-2H3. The fourth-order valence-electron chi connectivity index (χ4n) is 3.34. The second-order valence-corrected chi connectivity index (χ2v) is 27.1. The molecule has 0 rings (SSSR count). The molecule has 0 saturated heterocycles. The highest BCUT2D eigenvalue weighted by molar-refractivity contribution is 4.58. The smallest absolute Gasteiger partial charge is 0.0383 e. The second-order valence-electron chi connectivity index (χ2n) is 27.1. The summed E-state index contributed by atoms with van der Waals surface area (Å²) < 4.78 is 0. The molecule has 76 heavy (non-hydrogen) atoms. The molecule has 0 nitrogen and oxygen atoms in total. The molecule has 0 aliphatic rings. The molecular weight excluding hydrogens is 913 g/mol. The highest BCUT2D eigenvalue weighted by Crippen LogP contribution is 2.19. The van der Waals surface area contributed by atoms with Crippen molar-refractivity contribution < 1.29 is 0 Å². The van der Waals surface area contributed by atoms with Crippen LogP contribution in [0.2, 0.25) is 0 Å². The third kappa shape index (κ3) is 385. The maximum absolute atomic E-state index is 2.28. The van der Waals surface area contributed by atoms with Crippen LogP contribution in [0, 0.1) is 64.1 Å². The second kappa shape index (κ2) is 110. The Morgan fingerprint density at radius 3 is 0.461 bits per heavy atom. The number of hydrogen-bond acceptors (Lipinski definition) is 0. The minimum atomic E-state index is 0.500.